The largest absolute Gasteiger partial charge is 0.393 e. The number of carbonyl (C=O) groups is 2. The van der Waals surface area contributed by atoms with Crippen molar-refractivity contribution in [3.05, 3.63) is 0 Å². The van der Waals surface area contributed by atoms with Crippen LogP contribution in [-0.2, 0) is 9.59 Å². The highest BCUT2D eigenvalue weighted by molar-refractivity contribution is 5.87. The Morgan fingerprint density at radius 1 is 1.12 bits per heavy atom. The van der Waals surface area contributed by atoms with E-state index in [1.165, 1.54) is 6.92 Å². The maximum absolute atomic E-state index is 11.9. The van der Waals surface area contributed by atoms with Crippen LogP contribution in [0.25, 0.3) is 0 Å². The van der Waals surface area contributed by atoms with E-state index in [0.717, 1.165) is 0 Å². The molecule has 5 heteroatoms. The van der Waals surface area contributed by atoms with E-state index in [-0.39, 0.29) is 23.8 Å². The fourth-order valence-electron chi connectivity index (χ4n) is 1.66. The van der Waals surface area contributed by atoms with Crippen molar-refractivity contribution in [3.63, 3.8) is 0 Å². The maximum atomic E-state index is 11.9. The van der Waals surface area contributed by atoms with E-state index in [1.807, 2.05) is 20.8 Å². The molecule has 0 radical (unpaired) electrons. The average Bonchev–Trinajstić information content (AvgIpc) is 2.11. The van der Waals surface area contributed by atoms with Gasteiger partial charge in [-0.15, -0.1) is 0 Å². The van der Waals surface area contributed by atoms with Crippen molar-refractivity contribution in [1.29, 1.82) is 0 Å². The first kappa shape index (κ1) is 15.9. The van der Waals surface area contributed by atoms with Crippen LogP contribution in [0, 0.1) is 5.92 Å². The highest BCUT2D eigenvalue weighted by Crippen LogP contribution is 2.04. The number of hydrogen-bond donors (Lipinski definition) is 3. The Morgan fingerprint density at radius 2 is 1.65 bits per heavy atom. The van der Waals surface area contributed by atoms with Crippen molar-refractivity contribution >= 4 is 11.8 Å². The van der Waals surface area contributed by atoms with Gasteiger partial charge in [0.25, 0.3) is 0 Å². The molecule has 0 aromatic carbocycles. The van der Waals surface area contributed by atoms with Crippen LogP contribution in [0.5, 0.6) is 0 Å². The van der Waals surface area contributed by atoms with Gasteiger partial charge in [-0.25, -0.2) is 0 Å². The van der Waals surface area contributed by atoms with Crippen LogP contribution in [-0.4, -0.2) is 35.1 Å². The van der Waals surface area contributed by atoms with Gasteiger partial charge < -0.3 is 15.7 Å². The standard InChI is InChI=1S/C12H24N2O3/c1-7(2)11(14-10(5)16)12(17)13-8(3)6-9(4)15/h7-9,11,15H,6H2,1-5H3,(H,13,17)(H,14,16). The monoisotopic (exact) mass is 244 g/mol. The Morgan fingerprint density at radius 3 is 2.00 bits per heavy atom. The van der Waals surface area contributed by atoms with Crippen LogP contribution in [0.4, 0.5) is 0 Å². The van der Waals surface area contributed by atoms with E-state index >= 15 is 0 Å². The molecule has 2 amide bonds. The molecule has 0 fully saturated rings. The molecule has 3 unspecified atom stereocenters. The molecule has 100 valence electrons. The number of nitrogens with one attached hydrogen (secondary N) is 2. The third kappa shape index (κ3) is 6.94. The van der Waals surface area contributed by atoms with Crippen LogP contribution >= 0.6 is 0 Å². The Bertz CT molecular complexity index is 264. The molecule has 3 N–H and O–H groups in total. The summed E-state index contributed by atoms with van der Waals surface area (Å²) < 4.78 is 0. The van der Waals surface area contributed by atoms with E-state index in [0.29, 0.717) is 6.42 Å². The van der Waals surface area contributed by atoms with Gasteiger partial charge in [0.05, 0.1) is 6.10 Å². The van der Waals surface area contributed by atoms with Gasteiger partial charge in [-0.2, -0.15) is 0 Å². The van der Waals surface area contributed by atoms with Crippen molar-refractivity contribution in [2.24, 2.45) is 5.92 Å². The highest BCUT2D eigenvalue weighted by Gasteiger charge is 2.24. The van der Waals surface area contributed by atoms with Crippen molar-refractivity contribution in [2.45, 2.75) is 59.2 Å². The topological polar surface area (TPSA) is 78.4 Å². The Kier molecular flexibility index (Phi) is 6.80. The lowest BCUT2D eigenvalue weighted by atomic mass is 10.0. The summed E-state index contributed by atoms with van der Waals surface area (Å²) in [6, 6.07) is -0.638. The number of amides is 2. The van der Waals surface area contributed by atoms with Gasteiger partial charge in [-0.1, -0.05) is 13.8 Å². The normalized spacial score (nSPS) is 16.2. The van der Waals surface area contributed by atoms with Crippen molar-refractivity contribution < 1.29 is 14.7 Å². The zero-order valence-electron chi connectivity index (χ0n) is 11.3. The molecule has 3 atom stereocenters. The fourth-order valence-corrected chi connectivity index (χ4v) is 1.66. The lowest BCUT2D eigenvalue weighted by Crippen LogP contribution is -2.51. The first-order valence-electron chi connectivity index (χ1n) is 5.99. The zero-order chi connectivity index (χ0) is 13.6. The number of aliphatic hydroxyl groups excluding tert-OH is 1. The molecule has 17 heavy (non-hydrogen) atoms. The summed E-state index contributed by atoms with van der Waals surface area (Å²) in [6.45, 7) is 8.65. The summed E-state index contributed by atoms with van der Waals surface area (Å²) in [5, 5.41) is 14.6. The molecule has 0 aliphatic carbocycles. The molecular weight excluding hydrogens is 220 g/mol. The number of rotatable bonds is 6. The van der Waals surface area contributed by atoms with Gasteiger partial charge in [0.15, 0.2) is 0 Å². The number of carbonyl (C=O) groups excluding carboxylic acids is 2. The molecule has 0 aromatic rings. The van der Waals surface area contributed by atoms with Gasteiger partial charge in [0, 0.05) is 13.0 Å². The van der Waals surface area contributed by atoms with Crippen LogP contribution in [0.1, 0.15) is 41.0 Å². The molecular formula is C12H24N2O3. The second-order valence-corrected chi connectivity index (χ2v) is 4.92. The quantitative estimate of drug-likeness (QED) is 0.633. The molecule has 0 rings (SSSR count). The summed E-state index contributed by atoms with van der Waals surface area (Å²) in [5.41, 5.74) is 0. The smallest absolute Gasteiger partial charge is 0.243 e. The van der Waals surface area contributed by atoms with E-state index in [1.54, 1.807) is 6.92 Å². The van der Waals surface area contributed by atoms with Gasteiger partial charge in [0.2, 0.25) is 11.8 Å². The Labute approximate surface area is 103 Å². The minimum absolute atomic E-state index is 0.0256. The van der Waals surface area contributed by atoms with Crippen LogP contribution < -0.4 is 10.6 Å². The molecule has 0 bridgehead atoms. The minimum atomic E-state index is -0.524. The lowest BCUT2D eigenvalue weighted by Gasteiger charge is -2.24. The van der Waals surface area contributed by atoms with Crippen LogP contribution in [0.3, 0.4) is 0 Å². The molecule has 0 aliphatic rings. The predicted molar refractivity (Wildman–Crippen MR) is 66.3 cm³/mol. The van der Waals surface area contributed by atoms with E-state index < -0.39 is 12.1 Å². The molecule has 0 aliphatic heterocycles. The van der Waals surface area contributed by atoms with Crippen molar-refractivity contribution in [1.82, 2.24) is 10.6 Å². The van der Waals surface area contributed by atoms with Crippen LogP contribution in [0.2, 0.25) is 0 Å². The van der Waals surface area contributed by atoms with Gasteiger partial charge in [0.1, 0.15) is 6.04 Å². The number of aliphatic hydroxyl groups is 1. The molecule has 0 heterocycles. The average molecular weight is 244 g/mol. The van der Waals surface area contributed by atoms with Crippen LogP contribution in [0.15, 0.2) is 0 Å². The third-order valence-corrected chi connectivity index (χ3v) is 2.39. The summed E-state index contributed by atoms with van der Waals surface area (Å²) in [5.74, 6) is -0.400. The minimum Gasteiger partial charge on any atom is -0.393 e. The SMILES string of the molecule is CC(=O)NC(C(=O)NC(C)CC(C)O)C(C)C. The lowest BCUT2D eigenvalue weighted by molar-refractivity contribution is -0.129. The van der Waals surface area contributed by atoms with E-state index in [4.69, 9.17) is 0 Å². The second-order valence-electron chi connectivity index (χ2n) is 4.92. The van der Waals surface area contributed by atoms with Crippen molar-refractivity contribution in [3.8, 4) is 0 Å². The van der Waals surface area contributed by atoms with E-state index in [2.05, 4.69) is 10.6 Å². The fraction of sp³-hybridized carbons (Fsp3) is 0.833. The summed E-state index contributed by atoms with van der Waals surface area (Å²) in [4.78, 5) is 22.9. The third-order valence-electron chi connectivity index (χ3n) is 2.39. The highest BCUT2D eigenvalue weighted by atomic mass is 16.3. The first-order valence-corrected chi connectivity index (χ1v) is 5.99. The Hall–Kier alpha value is -1.10. The molecule has 0 saturated heterocycles. The first-order chi connectivity index (χ1) is 7.73. The van der Waals surface area contributed by atoms with E-state index in [9.17, 15) is 14.7 Å². The summed E-state index contributed by atoms with van der Waals surface area (Å²) >= 11 is 0. The van der Waals surface area contributed by atoms with Gasteiger partial charge >= 0.3 is 0 Å². The van der Waals surface area contributed by atoms with Gasteiger partial charge in [-0.05, 0) is 26.2 Å². The summed E-state index contributed by atoms with van der Waals surface area (Å²) in [7, 11) is 0. The second kappa shape index (κ2) is 7.27. The molecule has 0 saturated carbocycles. The Balaban J connectivity index is 4.37. The van der Waals surface area contributed by atoms with Gasteiger partial charge in [-0.3, -0.25) is 9.59 Å². The number of hydrogen-bond acceptors (Lipinski definition) is 3. The maximum Gasteiger partial charge on any atom is 0.243 e. The zero-order valence-corrected chi connectivity index (χ0v) is 11.3. The van der Waals surface area contributed by atoms with Crippen molar-refractivity contribution in [2.75, 3.05) is 0 Å². The molecule has 0 spiro atoms. The summed E-state index contributed by atoms with van der Waals surface area (Å²) in [6.07, 6.45) is 0.0416. The molecule has 0 aromatic heterocycles. The predicted octanol–water partition coefficient (Wildman–Crippen LogP) is 0.423. The molecule has 5 nitrogen and oxygen atoms in total.